The van der Waals surface area contributed by atoms with Gasteiger partial charge in [-0.15, -0.1) is 0 Å². The van der Waals surface area contributed by atoms with E-state index < -0.39 is 0 Å². The Morgan fingerprint density at radius 3 is 2.54 bits per heavy atom. The minimum Gasteiger partial charge on any atom is -0.369 e. The Hall–Kier alpha value is -2.20. The number of imidazole rings is 1. The summed E-state index contributed by atoms with van der Waals surface area (Å²) in [4.78, 5) is 17.9. The molecule has 1 aromatic carbocycles. The van der Waals surface area contributed by atoms with Gasteiger partial charge in [-0.25, -0.2) is 9.97 Å². The molecule has 1 aliphatic heterocycles. The molecule has 7 nitrogen and oxygen atoms in total. The number of piperazine rings is 1. The number of nitrogens with zero attached hydrogens (tertiary/aromatic N) is 6. The first-order chi connectivity index (χ1) is 12.7. The second-order valence-electron chi connectivity index (χ2n) is 6.30. The Kier molecular flexibility index (Phi) is 5.02. The predicted molar refractivity (Wildman–Crippen MR) is 111 cm³/mol. The average Bonchev–Trinajstić information content (AvgIpc) is 3.19. The lowest BCUT2D eigenvalue weighted by molar-refractivity contribution is 0.313. The summed E-state index contributed by atoms with van der Waals surface area (Å²) in [5.74, 6) is 1.39. The highest BCUT2D eigenvalue weighted by molar-refractivity contribution is 14.1. The fourth-order valence-electron chi connectivity index (χ4n) is 2.93. The van der Waals surface area contributed by atoms with Crippen molar-refractivity contribution in [2.45, 2.75) is 0 Å². The number of benzene rings is 1. The summed E-state index contributed by atoms with van der Waals surface area (Å²) in [6.45, 7) is 4.34. The molecule has 1 saturated heterocycles. The molecule has 0 atom stereocenters. The maximum absolute atomic E-state index is 4.61. The molecule has 0 unspecified atom stereocenters. The topological polar surface area (TPSA) is 62.1 Å². The molecule has 0 radical (unpaired) electrons. The van der Waals surface area contributed by atoms with Crippen molar-refractivity contribution in [2.24, 2.45) is 0 Å². The molecule has 3 aromatic rings. The van der Waals surface area contributed by atoms with Crippen molar-refractivity contribution in [1.29, 1.82) is 0 Å². The van der Waals surface area contributed by atoms with Crippen molar-refractivity contribution in [3.05, 3.63) is 52.8 Å². The Bertz CT molecular complexity index is 856. The second kappa shape index (κ2) is 7.58. The summed E-state index contributed by atoms with van der Waals surface area (Å²) in [6, 6.07) is 8.45. The van der Waals surface area contributed by atoms with Gasteiger partial charge < -0.3 is 15.1 Å². The Morgan fingerprint density at radius 2 is 1.85 bits per heavy atom. The van der Waals surface area contributed by atoms with E-state index in [1.165, 1.54) is 5.69 Å². The summed E-state index contributed by atoms with van der Waals surface area (Å²) < 4.78 is 2.85. The van der Waals surface area contributed by atoms with Crippen LogP contribution in [0.4, 0.5) is 17.3 Å². The van der Waals surface area contributed by atoms with Crippen LogP contribution in [0.25, 0.3) is 5.82 Å². The zero-order valence-corrected chi connectivity index (χ0v) is 16.7. The first-order valence-electron chi connectivity index (χ1n) is 8.50. The van der Waals surface area contributed by atoms with Gasteiger partial charge in [0.2, 0.25) is 5.95 Å². The van der Waals surface area contributed by atoms with Gasteiger partial charge in [-0.1, -0.05) is 0 Å². The molecular formula is C18H20IN7. The van der Waals surface area contributed by atoms with E-state index in [-0.39, 0.29) is 0 Å². The van der Waals surface area contributed by atoms with Gasteiger partial charge >= 0.3 is 0 Å². The molecule has 1 aliphatic rings. The third kappa shape index (κ3) is 3.80. The molecule has 3 heterocycles. The van der Waals surface area contributed by atoms with Crippen molar-refractivity contribution >= 4 is 39.9 Å². The summed E-state index contributed by atoms with van der Waals surface area (Å²) in [6.07, 6.45) is 7.16. The minimum absolute atomic E-state index is 0.571. The molecule has 1 N–H and O–H groups in total. The van der Waals surface area contributed by atoms with E-state index in [9.17, 15) is 0 Å². The third-order valence-corrected chi connectivity index (χ3v) is 5.23. The fraction of sp³-hybridized carbons (Fsp3) is 0.278. The Morgan fingerprint density at radius 1 is 1.08 bits per heavy atom. The largest absolute Gasteiger partial charge is 0.369 e. The molecule has 134 valence electrons. The SMILES string of the molecule is CN1CCN(c2ccc(Nc3ncc(I)c(-n4ccnc4)n3)cc2)CC1. The average molecular weight is 461 g/mol. The zero-order valence-electron chi connectivity index (χ0n) is 14.5. The molecule has 0 saturated carbocycles. The number of hydrogen-bond donors (Lipinski definition) is 1. The van der Waals surface area contributed by atoms with Crippen LogP contribution in [0.2, 0.25) is 0 Å². The highest BCUT2D eigenvalue weighted by atomic mass is 127. The highest BCUT2D eigenvalue weighted by Gasteiger charge is 2.14. The van der Waals surface area contributed by atoms with E-state index in [1.807, 2.05) is 17.0 Å². The molecule has 8 heteroatoms. The third-order valence-electron chi connectivity index (χ3n) is 4.47. The zero-order chi connectivity index (χ0) is 17.9. The number of nitrogens with one attached hydrogen (secondary N) is 1. The van der Waals surface area contributed by atoms with E-state index in [4.69, 9.17) is 0 Å². The van der Waals surface area contributed by atoms with Crippen LogP contribution in [-0.4, -0.2) is 57.6 Å². The van der Waals surface area contributed by atoms with E-state index in [0.29, 0.717) is 5.95 Å². The first kappa shape index (κ1) is 17.2. The van der Waals surface area contributed by atoms with E-state index >= 15 is 0 Å². The van der Waals surface area contributed by atoms with Crippen molar-refractivity contribution in [1.82, 2.24) is 24.4 Å². The van der Waals surface area contributed by atoms with Gasteiger partial charge in [0.1, 0.15) is 6.33 Å². The number of likely N-dealkylation sites (N-methyl/N-ethyl adjacent to an activating group) is 1. The maximum atomic E-state index is 4.61. The highest BCUT2D eigenvalue weighted by Crippen LogP contribution is 2.22. The number of rotatable bonds is 4. The second-order valence-corrected chi connectivity index (χ2v) is 7.46. The minimum atomic E-state index is 0.571. The normalized spacial score (nSPS) is 15.2. The number of hydrogen-bond acceptors (Lipinski definition) is 6. The molecule has 0 amide bonds. The monoisotopic (exact) mass is 461 g/mol. The predicted octanol–water partition coefficient (Wildman–Crippen LogP) is 2.76. The van der Waals surface area contributed by atoms with E-state index in [0.717, 1.165) is 41.3 Å². The maximum Gasteiger partial charge on any atom is 0.229 e. The standard InChI is InChI=1S/C18H20IN7/c1-24-8-10-25(11-9-24)15-4-2-14(3-5-15)22-18-21-12-16(19)17(23-18)26-7-6-20-13-26/h2-7,12-13H,8-11H2,1H3,(H,21,22,23). The van der Waals surface area contributed by atoms with Crippen LogP contribution in [-0.2, 0) is 0 Å². The summed E-state index contributed by atoms with van der Waals surface area (Å²) in [5.41, 5.74) is 2.23. The van der Waals surface area contributed by atoms with Crippen molar-refractivity contribution in [3.63, 3.8) is 0 Å². The van der Waals surface area contributed by atoms with Crippen LogP contribution in [0.5, 0.6) is 0 Å². The van der Waals surface area contributed by atoms with Crippen LogP contribution in [0, 0.1) is 3.57 Å². The van der Waals surface area contributed by atoms with Crippen LogP contribution in [0.3, 0.4) is 0 Å². The van der Waals surface area contributed by atoms with Crippen LogP contribution in [0.15, 0.2) is 49.2 Å². The summed E-state index contributed by atoms with van der Waals surface area (Å²) >= 11 is 2.23. The molecule has 0 bridgehead atoms. The van der Waals surface area contributed by atoms with Crippen molar-refractivity contribution in [2.75, 3.05) is 43.4 Å². The first-order valence-corrected chi connectivity index (χ1v) is 9.58. The molecule has 26 heavy (non-hydrogen) atoms. The quantitative estimate of drug-likeness (QED) is 0.604. The van der Waals surface area contributed by atoms with Gasteiger partial charge in [0, 0.05) is 56.1 Å². The lowest BCUT2D eigenvalue weighted by Crippen LogP contribution is -2.44. The molecule has 1 fully saturated rings. The Balaban J connectivity index is 1.48. The fourth-order valence-corrected chi connectivity index (χ4v) is 3.47. The van der Waals surface area contributed by atoms with Gasteiger partial charge in [-0.05, 0) is 53.9 Å². The number of aromatic nitrogens is 4. The van der Waals surface area contributed by atoms with Gasteiger partial charge in [-0.3, -0.25) is 4.57 Å². The van der Waals surface area contributed by atoms with Crippen LogP contribution < -0.4 is 10.2 Å². The molecule has 0 aliphatic carbocycles. The number of halogens is 1. The smallest absolute Gasteiger partial charge is 0.229 e. The summed E-state index contributed by atoms with van der Waals surface area (Å²) in [7, 11) is 2.17. The molecule has 2 aromatic heterocycles. The lowest BCUT2D eigenvalue weighted by atomic mass is 10.2. The van der Waals surface area contributed by atoms with Crippen molar-refractivity contribution in [3.8, 4) is 5.82 Å². The number of anilines is 3. The Labute approximate surface area is 166 Å². The van der Waals surface area contributed by atoms with E-state index in [2.05, 4.69) is 84.0 Å². The van der Waals surface area contributed by atoms with Crippen LogP contribution >= 0.6 is 22.6 Å². The van der Waals surface area contributed by atoms with Gasteiger partial charge in [0.15, 0.2) is 5.82 Å². The summed E-state index contributed by atoms with van der Waals surface area (Å²) in [5, 5.41) is 3.28. The van der Waals surface area contributed by atoms with Gasteiger partial charge in [0.05, 0.1) is 3.57 Å². The molecule has 4 rings (SSSR count). The lowest BCUT2D eigenvalue weighted by Gasteiger charge is -2.34. The van der Waals surface area contributed by atoms with Gasteiger partial charge in [0.25, 0.3) is 0 Å². The van der Waals surface area contributed by atoms with Crippen molar-refractivity contribution < 1.29 is 0 Å². The van der Waals surface area contributed by atoms with Crippen LogP contribution in [0.1, 0.15) is 0 Å². The molecular weight excluding hydrogens is 441 g/mol. The van der Waals surface area contributed by atoms with E-state index in [1.54, 1.807) is 12.5 Å². The molecule has 0 spiro atoms. The van der Waals surface area contributed by atoms with Gasteiger partial charge in [-0.2, -0.15) is 4.98 Å².